The van der Waals surface area contributed by atoms with Crippen LogP contribution in [-0.4, -0.2) is 63.4 Å². The Morgan fingerprint density at radius 2 is 1.71 bits per heavy atom. The van der Waals surface area contributed by atoms with Gasteiger partial charge in [0, 0.05) is 13.1 Å². The third-order valence-electron chi connectivity index (χ3n) is 3.13. The van der Waals surface area contributed by atoms with Crippen LogP contribution in [0.2, 0.25) is 0 Å². The number of benzene rings is 1. The van der Waals surface area contributed by atoms with Crippen molar-refractivity contribution in [1.29, 1.82) is 0 Å². The van der Waals surface area contributed by atoms with Crippen molar-refractivity contribution in [3.8, 4) is 0 Å². The lowest BCUT2D eigenvalue weighted by Gasteiger charge is -2.19. The fraction of sp³-hybridized carbons (Fsp3) is 0.600. The zero-order valence-corrected chi connectivity index (χ0v) is 12.9. The van der Waals surface area contributed by atoms with Crippen LogP contribution in [0.1, 0.15) is 25.3 Å². The highest BCUT2D eigenvalue weighted by molar-refractivity contribution is 5.73. The summed E-state index contributed by atoms with van der Waals surface area (Å²) in [5, 5.41) is 27.7. The third-order valence-corrected chi connectivity index (χ3v) is 3.13. The van der Waals surface area contributed by atoms with E-state index in [1.807, 2.05) is 25.1 Å². The maximum atomic E-state index is 8.64. The number of nitrogens with one attached hydrogen (secondary N) is 1. The van der Waals surface area contributed by atoms with Gasteiger partial charge in [0.05, 0.1) is 13.2 Å². The van der Waals surface area contributed by atoms with Gasteiger partial charge in [-0.05, 0) is 37.6 Å². The molecule has 0 bridgehead atoms. The fourth-order valence-corrected chi connectivity index (χ4v) is 1.95. The van der Waals surface area contributed by atoms with Crippen LogP contribution >= 0.6 is 0 Å². The Labute approximate surface area is 125 Å². The predicted molar refractivity (Wildman–Crippen MR) is 84.1 cm³/mol. The Morgan fingerprint density at radius 3 is 2.33 bits per heavy atom. The first-order chi connectivity index (χ1) is 10.2. The van der Waals surface area contributed by atoms with E-state index in [-0.39, 0.29) is 13.2 Å². The van der Waals surface area contributed by atoms with Crippen LogP contribution in [-0.2, 0) is 0 Å². The minimum atomic E-state index is 0.184. The zero-order valence-electron chi connectivity index (χ0n) is 12.9. The van der Waals surface area contributed by atoms with Crippen LogP contribution in [0.15, 0.2) is 18.2 Å². The lowest BCUT2D eigenvalue weighted by Crippen LogP contribution is -2.30. The molecule has 6 heteroatoms. The van der Waals surface area contributed by atoms with Gasteiger partial charge in [0.25, 0.3) is 0 Å². The minimum Gasteiger partial charge on any atom is -0.395 e. The van der Waals surface area contributed by atoms with Crippen LogP contribution in [0.25, 0.3) is 11.0 Å². The molecule has 0 aliphatic rings. The van der Waals surface area contributed by atoms with E-state index in [1.54, 1.807) is 0 Å². The molecule has 2 rings (SSSR count). The Bertz CT molecular complexity index is 495. The molecule has 0 aliphatic heterocycles. The molecule has 0 unspecified atom stereocenters. The summed E-state index contributed by atoms with van der Waals surface area (Å²) in [6.07, 6.45) is 2.30. The van der Waals surface area contributed by atoms with Gasteiger partial charge in [-0.1, -0.05) is 19.4 Å². The average molecular weight is 294 g/mol. The average Bonchev–Trinajstić information content (AvgIpc) is 2.93. The molecule has 1 aromatic carbocycles. The van der Waals surface area contributed by atoms with Crippen LogP contribution in [0, 0.1) is 6.92 Å². The predicted octanol–water partition coefficient (Wildman–Crippen LogP) is 1.34. The lowest BCUT2D eigenvalue weighted by molar-refractivity contribution is 0.159. The molecule has 0 fully saturated rings. The molecular weight excluding hydrogens is 268 g/mol. The highest BCUT2D eigenvalue weighted by Crippen LogP contribution is 2.08. The number of aryl methyl sites for hydroxylation is 1. The first-order valence-electron chi connectivity index (χ1n) is 7.42. The molecule has 0 spiro atoms. The van der Waals surface area contributed by atoms with Crippen molar-refractivity contribution in [3.63, 3.8) is 0 Å². The summed E-state index contributed by atoms with van der Waals surface area (Å²) in [6.45, 7) is 6.89. The molecular formula is C15H26N4O2. The van der Waals surface area contributed by atoms with Crippen molar-refractivity contribution in [1.82, 2.24) is 20.3 Å². The number of H-pyrrole nitrogens is 1. The van der Waals surface area contributed by atoms with E-state index in [0.717, 1.165) is 30.4 Å². The van der Waals surface area contributed by atoms with Gasteiger partial charge in [-0.2, -0.15) is 15.4 Å². The van der Waals surface area contributed by atoms with Gasteiger partial charge in [-0.3, -0.25) is 4.90 Å². The van der Waals surface area contributed by atoms with Gasteiger partial charge in [0.2, 0.25) is 0 Å². The smallest absolute Gasteiger partial charge is 0.113 e. The van der Waals surface area contributed by atoms with Crippen LogP contribution in [0.3, 0.4) is 0 Å². The number of aromatic amines is 1. The van der Waals surface area contributed by atoms with Gasteiger partial charge < -0.3 is 10.2 Å². The summed E-state index contributed by atoms with van der Waals surface area (Å²) in [5.74, 6) is 0. The summed E-state index contributed by atoms with van der Waals surface area (Å²) in [5.41, 5.74) is 3.06. The van der Waals surface area contributed by atoms with Gasteiger partial charge in [0.1, 0.15) is 11.0 Å². The molecule has 3 N–H and O–H groups in total. The monoisotopic (exact) mass is 294 g/mol. The van der Waals surface area contributed by atoms with Gasteiger partial charge in [0.15, 0.2) is 0 Å². The molecule has 6 nitrogen and oxygen atoms in total. The quantitative estimate of drug-likeness (QED) is 0.717. The number of aromatic nitrogens is 3. The van der Waals surface area contributed by atoms with Crippen molar-refractivity contribution >= 4 is 11.0 Å². The molecule has 21 heavy (non-hydrogen) atoms. The molecule has 1 aromatic heterocycles. The Kier molecular flexibility index (Phi) is 8.57. The number of hydrogen-bond donors (Lipinski definition) is 3. The molecule has 1 heterocycles. The highest BCUT2D eigenvalue weighted by atomic mass is 16.3. The highest BCUT2D eigenvalue weighted by Gasteiger charge is 2.00. The number of aliphatic hydroxyl groups excluding tert-OH is 2. The van der Waals surface area contributed by atoms with Crippen molar-refractivity contribution in [3.05, 3.63) is 23.8 Å². The molecule has 0 aliphatic carbocycles. The van der Waals surface area contributed by atoms with Crippen LogP contribution in [0.4, 0.5) is 0 Å². The first-order valence-corrected chi connectivity index (χ1v) is 7.42. The zero-order chi connectivity index (χ0) is 15.5. The molecule has 0 saturated heterocycles. The van der Waals surface area contributed by atoms with Gasteiger partial charge in [-0.15, -0.1) is 0 Å². The maximum Gasteiger partial charge on any atom is 0.113 e. The van der Waals surface area contributed by atoms with E-state index in [1.165, 1.54) is 5.56 Å². The van der Waals surface area contributed by atoms with Crippen LogP contribution in [0.5, 0.6) is 0 Å². The summed E-state index contributed by atoms with van der Waals surface area (Å²) < 4.78 is 0. The summed E-state index contributed by atoms with van der Waals surface area (Å²) in [7, 11) is 0. The largest absolute Gasteiger partial charge is 0.395 e. The first kappa shape index (κ1) is 17.6. The normalized spacial score (nSPS) is 10.7. The van der Waals surface area contributed by atoms with E-state index >= 15 is 0 Å². The van der Waals surface area contributed by atoms with Gasteiger partial charge in [-0.25, -0.2) is 0 Å². The minimum absolute atomic E-state index is 0.184. The Morgan fingerprint density at radius 1 is 1.05 bits per heavy atom. The van der Waals surface area contributed by atoms with Gasteiger partial charge >= 0.3 is 0 Å². The lowest BCUT2D eigenvalue weighted by atomic mass is 10.2. The van der Waals surface area contributed by atoms with Crippen LogP contribution < -0.4 is 0 Å². The number of fused-ring (bicyclic) bond motifs is 1. The summed E-state index contributed by atoms with van der Waals surface area (Å²) in [4.78, 5) is 2.07. The maximum absolute atomic E-state index is 8.64. The van der Waals surface area contributed by atoms with E-state index in [4.69, 9.17) is 10.2 Å². The number of nitrogens with zero attached hydrogens (tertiary/aromatic N) is 3. The standard InChI is InChI=1S/C8H19NO2.C7H7N3/c1-2-3-4-9(5-7-10)6-8-11;1-5-2-3-6-7(4-5)9-10-8-6/h10-11H,2-8H2,1H3;2-4H,1H3,(H,8,9,10). The molecule has 118 valence electrons. The molecule has 0 saturated carbocycles. The second kappa shape index (κ2) is 10.3. The molecule has 0 radical (unpaired) electrons. The number of hydrogen-bond acceptors (Lipinski definition) is 5. The Balaban J connectivity index is 0.000000210. The number of unbranched alkanes of at least 4 members (excludes halogenated alkanes) is 1. The summed E-state index contributed by atoms with van der Waals surface area (Å²) in [6, 6.07) is 5.97. The van der Waals surface area contributed by atoms with Crippen molar-refractivity contribution in [2.24, 2.45) is 0 Å². The summed E-state index contributed by atoms with van der Waals surface area (Å²) >= 11 is 0. The molecule has 0 atom stereocenters. The second-order valence-corrected chi connectivity index (χ2v) is 4.96. The van der Waals surface area contributed by atoms with E-state index in [9.17, 15) is 0 Å². The molecule has 0 amide bonds. The van der Waals surface area contributed by atoms with E-state index < -0.39 is 0 Å². The van der Waals surface area contributed by atoms with Crippen molar-refractivity contribution < 1.29 is 10.2 Å². The topological polar surface area (TPSA) is 85.3 Å². The number of rotatable bonds is 7. The SMILES string of the molecule is CCCCN(CCO)CCO.Cc1ccc2n[nH]nc2c1. The van der Waals surface area contributed by atoms with E-state index in [2.05, 4.69) is 27.2 Å². The van der Waals surface area contributed by atoms with Crippen molar-refractivity contribution in [2.75, 3.05) is 32.8 Å². The molecule has 2 aromatic rings. The fourth-order valence-electron chi connectivity index (χ4n) is 1.95. The number of aliphatic hydroxyl groups is 2. The van der Waals surface area contributed by atoms with E-state index in [0.29, 0.717) is 13.1 Å². The van der Waals surface area contributed by atoms with Crippen molar-refractivity contribution in [2.45, 2.75) is 26.7 Å². The second-order valence-electron chi connectivity index (χ2n) is 4.96. The third kappa shape index (κ3) is 6.66. The Hall–Kier alpha value is -1.50.